The number of ether oxygens (including phenoxy) is 11. The number of benzene rings is 12. The fourth-order valence-electron chi connectivity index (χ4n) is 17.4. The van der Waals surface area contributed by atoms with E-state index in [4.69, 9.17) is 63.7 Å². The van der Waals surface area contributed by atoms with E-state index in [2.05, 4.69) is 81.8 Å². The Morgan fingerprint density at radius 3 is 0.840 bits per heavy atom. The SMILES string of the molecule is C=C(C)OC(=O)Nc1cccc(-c2c(C#N)c3ccc(OC)cc3n2CC)c1.CCn1c(-c2cccc(NC(=O)OCCCCl)c2)c(C#N)c2ccc(OC)cc21.CCn1c(-c2cccc(NC(=O)OCCF)c2)c(C#N)c2ccc(OC)cc21.CCn1c(-c2cccc(NC(=O)OCc3ccccc3)c2)c(C#N)c2ccc(OC)cc21.CCn1c(-c2cccc(NC(=O)Oc3ccc(OC)cc3)c2)c(C#N)c2ccc(OC)cc21. The number of rotatable bonds is 30. The summed E-state index contributed by atoms with van der Waals surface area (Å²) in [5.41, 5.74) is 19.2. The van der Waals surface area contributed by atoms with E-state index in [-0.39, 0.29) is 19.8 Å². The summed E-state index contributed by atoms with van der Waals surface area (Å²) < 4.78 is 79.8. The molecule has 0 bridgehead atoms. The summed E-state index contributed by atoms with van der Waals surface area (Å²) in [6.07, 6.45) is -2.41. The average molecular weight is 2040 g/mol. The topological polar surface area (TPSA) is 391 Å². The first-order valence-electron chi connectivity index (χ1n) is 47.7. The van der Waals surface area contributed by atoms with Crippen LogP contribution in [0, 0.1) is 56.7 Å². The van der Waals surface area contributed by atoms with E-state index < -0.39 is 37.1 Å². The third kappa shape index (κ3) is 25.4. The Kier molecular flexibility index (Phi) is 37.4. The molecule has 0 saturated carbocycles. The van der Waals surface area contributed by atoms with Crippen LogP contribution in [0.1, 0.15) is 81.3 Å². The van der Waals surface area contributed by atoms with Gasteiger partial charge < -0.3 is 74.9 Å². The lowest BCUT2D eigenvalue weighted by atomic mass is 10.1. The Balaban J connectivity index is 0.000000156. The van der Waals surface area contributed by atoms with E-state index in [1.807, 2.05) is 239 Å². The van der Waals surface area contributed by atoms with Gasteiger partial charge in [-0.15, -0.1) is 11.6 Å². The van der Waals surface area contributed by atoms with Gasteiger partial charge in [-0.3, -0.25) is 26.6 Å². The van der Waals surface area contributed by atoms with Crippen LogP contribution in [0.3, 0.4) is 0 Å². The summed E-state index contributed by atoms with van der Waals surface area (Å²) in [4.78, 5) is 60.2. The van der Waals surface area contributed by atoms with Crippen LogP contribution in [0.2, 0.25) is 0 Å². The summed E-state index contributed by atoms with van der Waals surface area (Å²) in [6, 6.07) is 92.8. The predicted molar refractivity (Wildman–Crippen MR) is 581 cm³/mol. The van der Waals surface area contributed by atoms with Crippen LogP contribution in [0.15, 0.2) is 279 Å². The Morgan fingerprint density at radius 1 is 0.320 bits per heavy atom. The van der Waals surface area contributed by atoms with Crippen molar-refractivity contribution in [1.29, 1.82) is 26.3 Å². The van der Waals surface area contributed by atoms with Gasteiger partial charge in [0.1, 0.15) is 90.5 Å². The van der Waals surface area contributed by atoms with Crippen LogP contribution < -0.4 is 59.7 Å². The largest absolute Gasteiger partial charge is 0.497 e. The Hall–Kier alpha value is -19.1. The molecule has 0 radical (unpaired) electrons. The number of anilines is 5. The number of halogens is 2. The second kappa shape index (κ2) is 51.9. The van der Waals surface area contributed by atoms with Gasteiger partial charge in [0.05, 0.1) is 139 Å². The first-order valence-corrected chi connectivity index (χ1v) is 48.3. The van der Waals surface area contributed by atoms with E-state index >= 15 is 0 Å². The standard InChI is InChI=1S/C26H23N3O4.C26H23N3O3.C22H22ClN3O3.C22H21N3O3.C21H20FN3O3/c1-4-29-24-15-21(32-3)12-13-22(24)23(16-27)25(29)17-6-5-7-18(14-17)28-26(30)33-20-10-8-19(31-2)9-11-20;1-3-29-24-15-21(31-2)12-13-22(24)23(16-27)25(29)19-10-7-11-20(14-19)28-26(30)32-17-18-8-5-4-6-9-18;1-3-26-20-13-17(28-2)8-9-18(20)19(14-24)21(26)15-6-4-7-16(12-15)25-22(27)29-11-5-10-23;1-5-25-20-12-17(27-4)9-10-18(20)19(13-23)21(25)15-7-6-8-16(11-15)24-22(26)28-14(2)3;1-3-25-19-12-16(27-2)7-8-17(19)18(13-23)20(25)14-5-4-6-15(11-14)24-21(26)28-10-9-22/h5-15H,4H2,1-3H3,(H,28,30);4-15H,3,17H2,1-2H3,(H,28,30);4,6-9,12-13H,3,5,10-11H2,1-2H3,(H,25,27);6-12H,2,5H2,1,3-4H3,(H,24,26);4-8,11-12H,3,9-10H2,1-2H3,(H,24,26). The molecule has 31 nitrogen and oxygen atoms in total. The number of aromatic nitrogens is 5. The highest BCUT2D eigenvalue weighted by molar-refractivity contribution is 6.17. The minimum absolute atomic E-state index is 0.191. The van der Waals surface area contributed by atoms with Gasteiger partial charge >= 0.3 is 30.5 Å². The maximum atomic E-state index is 12.4. The van der Waals surface area contributed by atoms with Crippen LogP contribution >= 0.6 is 11.6 Å². The van der Waals surface area contributed by atoms with Gasteiger partial charge in [-0.25, -0.2) is 28.4 Å². The number of nitrogens with zero attached hydrogens (tertiary/aromatic N) is 10. The predicted octanol–water partition coefficient (Wildman–Crippen LogP) is 27.2. The highest BCUT2D eigenvalue weighted by atomic mass is 35.5. The molecule has 5 amide bonds. The summed E-state index contributed by atoms with van der Waals surface area (Å²) in [7, 11) is 9.65. The highest BCUT2D eigenvalue weighted by Gasteiger charge is 2.27. The second-order valence-electron chi connectivity index (χ2n) is 33.1. The number of amides is 5. The van der Waals surface area contributed by atoms with Gasteiger partial charge in [-0.2, -0.15) is 26.3 Å². The van der Waals surface area contributed by atoms with Gasteiger partial charge in [0.25, 0.3) is 0 Å². The van der Waals surface area contributed by atoms with Gasteiger partial charge in [0.2, 0.25) is 0 Å². The zero-order valence-electron chi connectivity index (χ0n) is 84.6. The molecule has 0 fully saturated rings. The minimum Gasteiger partial charge on any atom is -0.497 e. The summed E-state index contributed by atoms with van der Waals surface area (Å²) in [5, 5.41) is 67.1. The van der Waals surface area contributed by atoms with E-state index in [0.717, 1.165) is 139 Å². The zero-order chi connectivity index (χ0) is 107. The van der Waals surface area contributed by atoms with Gasteiger partial charge in [0.15, 0.2) is 0 Å². The Labute approximate surface area is 871 Å². The number of hydrogen-bond donors (Lipinski definition) is 5. The number of fused-ring (bicyclic) bond motifs is 5. The van der Waals surface area contributed by atoms with Gasteiger partial charge in [-0.1, -0.05) is 97.6 Å². The number of allylic oxidation sites excluding steroid dienone is 1. The molecule has 33 heteroatoms. The fourth-order valence-corrected chi connectivity index (χ4v) is 17.6. The molecular formula is C117H109ClFN15O16. The maximum Gasteiger partial charge on any atom is 0.417 e. The molecule has 0 unspecified atom stereocenters. The van der Waals surface area contributed by atoms with Gasteiger partial charge in [-0.05, 0) is 199 Å². The lowest BCUT2D eigenvalue weighted by Crippen LogP contribution is -2.16. The molecule has 0 saturated heterocycles. The third-order valence-corrected chi connectivity index (χ3v) is 24.2. The number of nitrogens with one attached hydrogen (secondary N) is 5. The molecule has 5 aromatic heterocycles. The van der Waals surface area contributed by atoms with Gasteiger partial charge in [0, 0.05) is 152 Å². The molecule has 762 valence electrons. The fraction of sp³-hybridized carbons (Fsp3) is 0.197. The number of aryl methyl sites for hydroxylation is 5. The molecule has 5 N–H and O–H groups in total. The highest BCUT2D eigenvalue weighted by Crippen LogP contribution is 2.44. The molecule has 0 atom stereocenters. The molecule has 17 rings (SSSR count). The molecule has 0 aliphatic rings. The van der Waals surface area contributed by atoms with Crippen molar-refractivity contribution in [2.24, 2.45) is 0 Å². The maximum absolute atomic E-state index is 12.4. The van der Waals surface area contributed by atoms with Crippen molar-refractivity contribution in [3.05, 3.63) is 313 Å². The number of carbonyl (C=O) groups is 5. The molecule has 0 aliphatic carbocycles. The smallest absolute Gasteiger partial charge is 0.417 e. The van der Waals surface area contributed by atoms with Crippen LogP contribution in [-0.2, 0) is 58.3 Å². The zero-order valence-corrected chi connectivity index (χ0v) is 85.4. The second-order valence-corrected chi connectivity index (χ2v) is 33.4. The molecule has 5 heterocycles. The van der Waals surface area contributed by atoms with E-state index in [1.54, 1.807) is 116 Å². The van der Waals surface area contributed by atoms with Crippen molar-refractivity contribution in [2.75, 3.05) is 95.0 Å². The first kappa shape index (κ1) is 108. The first-order chi connectivity index (χ1) is 72.9. The third-order valence-electron chi connectivity index (χ3n) is 24.0. The Morgan fingerprint density at radius 2 is 0.580 bits per heavy atom. The normalized spacial score (nSPS) is 10.5. The van der Waals surface area contributed by atoms with Crippen molar-refractivity contribution in [2.45, 2.75) is 87.3 Å². The van der Waals surface area contributed by atoms with Crippen molar-refractivity contribution in [3.63, 3.8) is 0 Å². The lowest BCUT2D eigenvalue weighted by Gasteiger charge is -2.11. The average Bonchev–Trinajstić information content (AvgIpc) is 1.62. The quantitative estimate of drug-likeness (QED) is 0.0121. The molecule has 150 heavy (non-hydrogen) atoms. The number of carbonyl (C=O) groups excluding carboxylic acids is 5. The number of methoxy groups -OCH3 is 6. The minimum atomic E-state index is -0.737. The number of hydrogen-bond acceptors (Lipinski definition) is 21. The van der Waals surface area contributed by atoms with E-state index in [9.17, 15) is 54.7 Å². The lowest BCUT2D eigenvalue weighted by molar-refractivity contribution is 0.152. The molecular weight excluding hydrogens is 1930 g/mol. The van der Waals surface area contributed by atoms with Crippen LogP contribution in [-0.4, -0.2) is 122 Å². The number of alkyl halides is 2. The summed E-state index contributed by atoms with van der Waals surface area (Å²) in [6.45, 7) is 18.0. The van der Waals surface area contributed by atoms with Crippen LogP contribution in [0.4, 0.5) is 56.8 Å². The molecule has 12 aromatic carbocycles. The Bertz CT molecular complexity index is 8050. The van der Waals surface area contributed by atoms with Crippen molar-refractivity contribution in [1.82, 2.24) is 22.8 Å². The van der Waals surface area contributed by atoms with Crippen LogP contribution in [0.25, 0.3) is 111 Å². The van der Waals surface area contributed by atoms with Crippen molar-refractivity contribution >= 4 is 125 Å². The summed E-state index contributed by atoms with van der Waals surface area (Å²) in [5.74, 6) is 5.45. The number of nitriles is 5. The molecule has 17 aromatic rings. The van der Waals surface area contributed by atoms with Crippen LogP contribution in [0.5, 0.6) is 40.2 Å². The summed E-state index contributed by atoms with van der Waals surface area (Å²) >= 11 is 5.60. The van der Waals surface area contributed by atoms with E-state index in [1.165, 1.54) is 0 Å². The van der Waals surface area contributed by atoms with Crippen molar-refractivity contribution < 1.29 is 80.5 Å². The molecule has 0 aliphatic heterocycles. The van der Waals surface area contributed by atoms with Crippen molar-refractivity contribution in [3.8, 4) is 127 Å². The molecule has 0 spiro atoms. The monoisotopic (exact) mass is 2030 g/mol. The van der Waals surface area contributed by atoms with E-state index in [0.29, 0.717) is 124 Å².